The van der Waals surface area contributed by atoms with Gasteiger partial charge < -0.3 is 9.47 Å². The second kappa shape index (κ2) is 6.64. The van der Waals surface area contributed by atoms with Crippen molar-refractivity contribution in [1.29, 1.82) is 0 Å². The van der Waals surface area contributed by atoms with E-state index in [1.807, 2.05) is 12.2 Å². The van der Waals surface area contributed by atoms with E-state index in [2.05, 4.69) is 0 Å². The summed E-state index contributed by atoms with van der Waals surface area (Å²) in [4.78, 5) is 24.8. The first kappa shape index (κ1) is 15.9. The molecule has 6 heteroatoms. The number of hydrogen-bond acceptors (Lipinski definition) is 4. The van der Waals surface area contributed by atoms with Gasteiger partial charge in [-0.2, -0.15) is 0 Å². The van der Waals surface area contributed by atoms with Gasteiger partial charge in [0.25, 0.3) is 0 Å². The number of hydrogen-bond donors (Lipinski definition) is 0. The third-order valence-electron chi connectivity index (χ3n) is 4.65. The second-order valence-corrected chi connectivity index (χ2v) is 5.98. The van der Waals surface area contributed by atoms with Gasteiger partial charge in [0.2, 0.25) is 0 Å². The van der Waals surface area contributed by atoms with Gasteiger partial charge in [-0.3, -0.25) is 0 Å². The van der Waals surface area contributed by atoms with Crippen LogP contribution in [0.1, 0.15) is 46.0 Å². The lowest BCUT2D eigenvalue weighted by atomic mass is 9.88. The summed E-state index contributed by atoms with van der Waals surface area (Å²) in [6, 6.07) is -0.423. The van der Waals surface area contributed by atoms with Gasteiger partial charge >= 0.3 is 12.2 Å². The van der Waals surface area contributed by atoms with E-state index in [1.54, 1.807) is 13.8 Å². The lowest BCUT2D eigenvalue weighted by Gasteiger charge is -2.32. The van der Waals surface area contributed by atoms with Crippen molar-refractivity contribution in [1.82, 2.24) is 10.0 Å². The molecule has 6 nitrogen and oxygen atoms in total. The van der Waals surface area contributed by atoms with Crippen molar-refractivity contribution in [2.45, 2.75) is 58.0 Å². The number of carbonyl (C=O) groups excluding carboxylic acids is 2. The van der Waals surface area contributed by atoms with Gasteiger partial charge in [-0.05, 0) is 45.1 Å². The maximum atomic E-state index is 12.4. The second-order valence-electron chi connectivity index (χ2n) is 5.98. The van der Waals surface area contributed by atoms with E-state index in [1.165, 1.54) is 40.4 Å². The molecule has 1 aliphatic heterocycles. The molecule has 3 aliphatic rings. The van der Waals surface area contributed by atoms with Gasteiger partial charge in [0, 0.05) is 0 Å². The molecular weight excluding hydrogens is 296 g/mol. The zero-order chi connectivity index (χ0) is 16.4. The highest BCUT2D eigenvalue weighted by Gasteiger charge is 2.52. The van der Waals surface area contributed by atoms with Gasteiger partial charge in [-0.15, -0.1) is 0 Å². The number of amides is 2. The normalized spacial score (nSPS) is 26.0. The average Bonchev–Trinajstić information content (AvgIpc) is 3.12. The van der Waals surface area contributed by atoms with Gasteiger partial charge in [-0.25, -0.2) is 19.6 Å². The third-order valence-corrected chi connectivity index (χ3v) is 4.65. The molecule has 0 aromatic carbocycles. The van der Waals surface area contributed by atoms with Crippen LogP contribution in [0.5, 0.6) is 0 Å². The fourth-order valence-corrected chi connectivity index (χ4v) is 3.76. The molecule has 1 heterocycles. The van der Waals surface area contributed by atoms with Crippen LogP contribution in [0.15, 0.2) is 23.3 Å². The Morgan fingerprint density at radius 3 is 1.87 bits per heavy atom. The Morgan fingerprint density at radius 2 is 1.43 bits per heavy atom. The molecule has 23 heavy (non-hydrogen) atoms. The maximum Gasteiger partial charge on any atom is 0.429 e. The van der Waals surface area contributed by atoms with Crippen LogP contribution < -0.4 is 0 Å². The summed E-state index contributed by atoms with van der Waals surface area (Å²) in [5.41, 5.74) is 2.56. The monoisotopic (exact) mass is 320 g/mol. The molecular formula is C17H24N2O4. The molecule has 0 aromatic rings. The summed E-state index contributed by atoms with van der Waals surface area (Å²) in [6.45, 7) is 4.08. The largest absolute Gasteiger partial charge is 0.448 e. The fraction of sp³-hybridized carbons (Fsp3) is 0.647. The number of carbonyl (C=O) groups is 2. The predicted octanol–water partition coefficient (Wildman–Crippen LogP) is 3.40. The minimum absolute atomic E-state index is 0.212. The molecule has 1 saturated heterocycles. The Hall–Kier alpha value is -1.98. The number of nitrogens with zero attached hydrogens (tertiary/aromatic N) is 2. The SMILES string of the molecule is CCOC(=O)N1C2C=CC(C2=C2CCCCC2)N1C(=O)OCC. The average molecular weight is 320 g/mol. The van der Waals surface area contributed by atoms with Crippen molar-refractivity contribution in [3.8, 4) is 0 Å². The van der Waals surface area contributed by atoms with Crippen LogP contribution in [0.4, 0.5) is 9.59 Å². The summed E-state index contributed by atoms with van der Waals surface area (Å²) in [6.07, 6.45) is 8.71. The first-order valence-corrected chi connectivity index (χ1v) is 8.51. The molecule has 0 spiro atoms. The molecule has 2 unspecified atom stereocenters. The maximum absolute atomic E-state index is 12.4. The van der Waals surface area contributed by atoms with Crippen LogP contribution in [-0.4, -0.2) is 47.5 Å². The topological polar surface area (TPSA) is 59.1 Å². The molecule has 2 fully saturated rings. The van der Waals surface area contributed by atoms with Crippen molar-refractivity contribution >= 4 is 12.2 Å². The van der Waals surface area contributed by atoms with E-state index in [9.17, 15) is 9.59 Å². The van der Waals surface area contributed by atoms with Crippen molar-refractivity contribution < 1.29 is 19.1 Å². The molecule has 1 saturated carbocycles. The van der Waals surface area contributed by atoms with E-state index >= 15 is 0 Å². The molecule has 2 aliphatic carbocycles. The number of allylic oxidation sites excluding steroid dienone is 1. The third kappa shape index (κ3) is 2.71. The van der Waals surface area contributed by atoms with Crippen LogP contribution in [0.25, 0.3) is 0 Å². The molecule has 2 amide bonds. The Morgan fingerprint density at radius 1 is 0.957 bits per heavy atom. The van der Waals surface area contributed by atoms with Crippen molar-refractivity contribution in [2.75, 3.05) is 13.2 Å². The van der Waals surface area contributed by atoms with Crippen LogP contribution >= 0.6 is 0 Å². The molecule has 0 aromatic heterocycles. The van der Waals surface area contributed by atoms with E-state index in [0.29, 0.717) is 0 Å². The highest BCUT2D eigenvalue weighted by molar-refractivity contribution is 5.79. The summed E-state index contributed by atoms with van der Waals surface area (Å²) in [7, 11) is 0. The lowest BCUT2D eigenvalue weighted by Crippen LogP contribution is -2.52. The summed E-state index contributed by atoms with van der Waals surface area (Å²) < 4.78 is 10.3. The quantitative estimate of drug-likeness (QED) is 0.732. The zero-order valence-corrected chi connectivity index (χ0v) is 13.8. The number of ether oxygens (including phenoxy) is 2. The molecule has 3 rings (SSSR count). The number of rotatable bonds is 2. The lowest BCUT2D eigenvalue weighted by molar-refractivity contribution is -0.0130. The van der Waals surface area contributed by atoms with Gasteiger partial charge in [0.15, 0.2) is 0 Å². The van der Waals surface area contributed by atoms with Crippen LogP contribution in [0.3, 0.4) is 0 Å². The number of fused-ring (bicyclic) bond motifs is 2. The van der Waals surface area contributed by atoms with Crippen molar-refractivity contribution in [3.63, 3.8) is 0 Å². The molecule has 2 bridgehead atoms. The Kier molecular flexibility index (Phi) is 4.59. The van der Waals surface area contributed by atoms with Gasteiger partial charge in [-0.1, -0.05) is 24.1 Å². The fourth-order valence-electron chi connectivity index (χ4n) is 3.76. The Labute approximate surface area is 136 Å². The van der Waals surface area contributed by atoms with Crippen LogP contribution in [0, 0.1) is 0 Å². The smallest absolute Gasteiger partial charge is 0.429 e. The molecule has 126 valence electrons. The van der Waals surface area contributed by atoms with E-state index in [0.717, 1.165) is 12.8 Å². The van der Waals surface area contributed by atoms with E-state index in [4.69, 9.17) is 9.47 Å². The summed E-state index contributed by atoms with van der Waals surface area (Å²) in [5, 5.41) is 2.84. The Bertz CT molecular complexity index is 511. The standard InChI is InChI=1S/C17H24N2O4/c1-3-22-16(20)18-13-10-11-14(19(18)17(21)23-4-2)15(13)12-8-6-5-7-9-12/h10-11,13-14H,3-9H2,1-2H3. The van der Waals surface area contributed by atoms with Crippen molar-refractivity contribution in [2.24, 2.45) is 0 Å². The highest BCUT2D eigenvalue weighted by Crippen LogP contribution is 2.42. The van der Waals surface area contributed by atoms with Gasteiger partial charge in [0.05, 0.1) is 25.3 Å². The minimum Gasteiger partial charge on any atom is -0.448 e. The molecule has 0 N–H and O–H groups in total. The molecule has 0 radical (unpaired) electrons. The van der Waals surface area contributed by atoms with E-state index < -0.39 is 12.2 Å². The molecule has 2 atom stereocenters. The number of hydrazine groups is 1. The van der Waals surface area contributed by atoms with Crippen LogP contribution in [-0.2, 0) is 9.47 Å². The first-order valence-electron chi connectivity index (χ1n) is 8.51. The predicted molar refractivity (Wildman–Crippen MR) is 84.5 cm³/mol. The highest BCUT2D eigenvalue weighted by atomic mass is 16.6. The Balaban J connectivity index is 1.95. The summed E-state index contributed by atoms with van der Waals surface area (Å²) >= 11 is 0. The zero-order valence-electron chi connectivity index (χ0n) is 13.8. The summed E-state index contributed by atoms with van der Waals surface area (Å²) in [5.74, 6) is 0. The first-order chi connectivity index (χ1) is 11.2. The minimum atomic E-state index is -0.494. The van der Waals surface area contributed by atoms with E-state index in [-0.39, 0.29) is 25.3 Å². The van der Waals surface area contributed by atoms with Crippen LogP contribution in [0.2, 0.25) is 0 Å². The van der Waals surface area contributed by atoms with Crippen molar-refractivity contribution in [3.05, 3.63) is 23.3 Å². The van der Waals surface area contributed by atoms with Gasteiger partial charge in [0.1, 0.15) is 0 Å².